The third kappa shape index (κ3) is 4.62. The number of nitrogens with zero attached hydrogens (tertiary/aromatic N) is 2. The van der Waals surface area contributed by atoms with Gasteiger partial charge in [-0.25, -0.2) is 0 Å². The summed E-state index contributed by atoms with van der Waals surface area (Å²) in [7, 11) is 0. The highest BCUT2D eigenvalue weighted by Crippen LogP contribution is 2.22. The molecule has 0 aromatic heterocycles. The van der Waals surface area contributed by atoms with E-state index in [1.807, 2.05) is 12.1 Å². The molecule has 1 aliphatic rings. The van der Waals surface area contributed by atoms with Crippen molar-refractivity contribution in [2.45, 2.75) is 13.0 Å². The summed E-state index contributed by atoms with van der Waals surface area (Å²) in [5.74, 6) is 0. The highest BCUT2D eigenvalue weighted by Gasteiger charge is 2.15. The first-order valence-corrected chi connectivity index (χ1v) is 7.44. The zero-order valence-electron chi connectivity index (χ0n) is 11.0. The van der Waals surface area contributed by atoms with Crippen LogP contribution in [0.15, 0.2) is 18.2 Å². The molecule has 19 heavy (non-hydrogen) atoms. The van der Waals surface area contributed by atoms with E-state index >= 15 is 0 Å². The Bertz CT molecular complexity index is 414. The van der Waals surface area contributed by atoms with E-state index in [0.717, 1.165) is 56.3 Å². The van der Waals surface area contributed by atoms with Crippen LogP contribution in [0.4, 0.5) is 0 Å². The molecule has 1 saturated heterocycles. The predicted molar refractivity (Wildman–Crippen MR) is 79.9 cm³/mol. The van der Waals surface area contributed by atoms with Crippen LogP contribution in [-0.4, -0.2) is 54.2 Å². The molecule has 1 fully saturated rings. The molecule has 0 bridgehead atoms. The van der Waals surface area contributed by atoms with Crippen LogP contribution in [0, 0.1) is 0 Å². The third-order valence-corrected chi connectivity index (χ3v) is 4.09. The first kappa shape index (κ1) is 15.1. The Balaban J connectivity index is 1.92. The second kappa shape index (κ2) is 7.46. The minimum atomic E-state index is 0.239. The molecule has 0 aliphatic carbocycles. The zero-order valence-corrected chi connectivity index (χ0v) is 12.5. The SMILES string of the molecule is OCCN1CCCN(Cc2ccc(Cl)cc2Cl)CC1. The standard InChI is InChI=1S/C14H20Cl2N2O/c15-13-3-2-12(14(16)10-13)11-18-5-1-4-17(6-7-18)8-9-19/h2-3,10,19H,1,4-9,11H2. The zero-order chi connectivity index (χ0) is 13.7. The highest BCUT2D eigenvalue weighted by molar-refractivity contribution is 6.35. The van der Waals surface area contributed by atoms with E-state index in [1.165, 1.54) is 0 Å². The van der Waals surface area contributed by atoms with Crippen molar-refractivity contribution in [3.8, 4) is 0 Å². The highest BCUT2D eigenvalue weighted by atomic mass is 35.5. The quantitative estimate of drug-likeness (QED) is 0.926. The van der Waals surface area contributed by atoms with Gasteiger partial charge in [0.25, 0.3) is 0 Å². The Morgan fingerprint density at radius 2 is 1.79 bits per heavy atom. The van der Waals surface area contributed by atoms with Crippen LogP contribution >= 0.6 is 23.2 Å². The molecule has 1 N–H and O–H groups in total. The van der Waals surface area contributed by atoms with Gasteiger partial charge in [0.05, 0.1) is 6.61 Å². The van der Waals surface area contributed by atoms with Crippen molar-refractivity contribution in [1.82, 2.24) is 9.80 Å². The number of aliphatic hydroxyl groups excluding tert-OH is 1. The molecule has 0 amide bonds. The first-order valence-electron chi connectivity index (χ1n) is 6.68. The van der Waals surface area contributed by atoms with Gasteiger partial charge in [-0.3, -0.25) is 9.80 Å². The van der Waals surface area contributed by atoms with E-state index in [9.17, 15) is 0 Å². The van der Waals surface area contributed by atoms with E-state index in [2.05, 4.69) is 9.80 Å². The lowest BCUT2D eigenvalue weighted by Crippen LogP contribution is -2.32. The van der Waals surface area contributed by atoms with Crippen molar-refractivity contribution in [1.29, 1.82) is 0 Å². The Morgan fingerprint density at radius 3 is 2.53 bits per heavy atom. The number of benzene rings is 1. The van der Waals surface area contributed by atoms with Gasteiger partial charge in [0.1, 0.15) is 0 Å². The maximum atomic E-state index is 8.99. The average Bonchev–Trinajstić information content (AvgIpc) is 2.59. The lowest BCUT2D eigenvalue weighted by molar-refractivity contribution is 0.196. The Morgan fingerprint density at radius 1 is 1.05 bits per heavy atom. The lowest BCUT2D eigenvalue weighted by Gasteiger charge is -2.21. The average molecular weight is 303 g/mol. The fourth-order valence-electron chi connectivity index (χ4n) is 2.44. The number of rotatable bonds is 4. The lowest BCUT2D eigenvalue weighted by atomic mass is 10.2. The largest absolute Gasteiger partial charge is 0.395 e. The number of halogens is 2. The molecule has 2 rings (SSSR count). The van der Waals surface area contributed by atoms with Crippen LogP contribution in [0.3, 0.4) is 0 Å². The van der Waals surface area contributed by atoms with Gasteiger partial charge in [-0.05, 0) is 37.2 Å². The molecule has 0 radical (unpaired) electrons. The van der Waals surface area contributed by atoms with E-state index in [0.29, 0.717) is 5.02 Å². The molecule has 0 unspecified atom stereocenters. The summed E-state index contributed by atoms with van der Waals surface area (Å²) in [6, 6.07) is 5.69. The minimum absolute atomic E-state index is 0.239. The molecular weight excluding hydrogens is 283 g/mol. The van der Waals surface area contributed by atoms with Gasteiger partial charge in [-0.15, -0.1) is 0 Å². The molecule has 106 valence electrons. The fraction of sp³-hybridized carbons (Fsp3) is 0.571. The van der Waals surface area contributed by atoms with E-state index < -0.39 is 0 Å². The number of hydrogen-bond acceptors (Lipinski definition) is 3. The molecule has 1 aromatic rings. The molecule has 5 heteroatoms. The minimum Gasteiger partial charge on any atom is -0.395 e. The third-order valence-electron chi connectivity index (χ3n) is 3.51. The molecule has 0 atom stereocenters. The van der Waals surface area contributed by atoms with E-state index in [1.54, 1.807) is 6.07 Å². The second-order valence-electron chi connectivity index (χ2n) is 4.93. The summed E-state index contributed by atoms with van der Waals surface area (Å²) in [6.45, 7) is 6.03. The maximum Gasteiger partial charge on any atom is 0.0558 e. The van der Waals surface area contributed by atoms with E-state index in [-0.39, 0.29) is 6.61 Å². The topological polar surface area (TPSA) is 26.7 Å². The molecular formula is C14H20Cl2N2O. The number of β-amino-alcohol motifs (C(OH)–C–C–N with tert-alkyl or cyclic N) is 1. The van der Waals surface area contributed by atoms with Gasteiger partial charge in [-0.1, -0.05) is 29.3 Å². The summed E-state index contributed by atoms with van der Waals surface area (Å²) in [6.07, 6.45) is 1.13. The molecule has 3 nitrogen and oxygen atoms in total. The molecule has 1 aromatic carbocycles. The van der Waals surface area contributed by atoms with E-state index in [4.69, 9.17) is 28.3 Å². The summed E-state index contributed by atoms with van der Waals surface area (Å²) in [4.78, 5) is 4.72. The number of hydrogen-bond donors (Lipinski definition) is 1. The van der Waals surface area contributed by atoms with Gasteiger partial charge in [0.2, 0.25) is 0 Å². The van der Waals surface area contributed by atoms with Crippen LogP contribution in [0.1, 0.15) is 12.0 Å². The molecule has 0 saturated carbocycles. The fourth-order valence-corrected chi connectivity index (χ4v) is 2.91. The van der Waals surface area contributed by atoms with Crippen LogP contribution < -0.4 is 0 Å². The van der Waals surface area contributed by atoms with Crippen LogP contribution in [0.2, 0.25) is 10.0 Å². The Labute approximate surface area is 124 Å². The van der Waals surface area contributed by atoms with Crippen molar-refractivity contribution >= 4 is 23.2 Å². The molecule has 1 heterocycles. The first-order chi connectivity index (χ1) is 9.19. The summed E-state index contributed by atoms with van der Waals surface area (Å²) >= 11 is 12.1. The van der Waals surface area contributed by atoms with Crippen LogP contribution in [0.25, 0.3) is 0 Å². The Hall–Kier alpha value is -0.320. The van der Waals surface area contributed by atoms with Gasteiger partial charge >= 0.3 is 0 Å². The smallest absolute Gasteiger partial charge is 0.0558 e. The van der Waals surface area contributed by atoms with Crippen molar-refractivity contribution in [2.24, 2.45) is 0 Å². The van der Waals surface area contributed by atoms with Gasteiger partial charge in [-0.2, -0.15) is 0 Å². The molecule has 0 spiro atoms. The number of aliphatic hydroxyl groups is 1. The van der Waals surface area contributed by atoms with Crippen molar-refractivity contribution < 1.29 is 5.11 Å². The van der Waals surface area contributed by atoms with Crippen molar-refractivity contribution in [2.75, 3.05) is 39.3 Å². The monoisotopic (exact) mass is 302 g/mol. The van der Waals surface area contributed by atoms with Crippen LogP contribution in [-0.2, 0) is 6.54 Å². The summed E-state index contributed by atoms with van der Waals surface area (Å²) in [5, 5.41) is 10.4. The summed E-state index contributed by atoms with van der Waals surface area (Å²) in [5.41, 5.74) is 1.13. The van der Waals surface area contributed by atoms with Gasteiger partial charge in [0.15, 0.2) is 0 Å². The molecule has 1 aliphatic heterocycles. The van der Waals surface area contributed by atoms with Crippen molar-refractivity contribution in [3.63, 3.8) is 0 Å². The normalized spacial score (nSPS) is 18.5. The van der Waals surface area contributed by atoms with Gasteiger partial charge < -0.3 is 5.11 Å². The second-order valence-corrected chi connectivity index (χ2v) is 5.77. The summed E-state index contributed by atoms with van der Waals surface area (Å²) < 4.78 is 0. The predicted octanol–water partition coefficient (Wildman–Crippen LogP) is 2.49. The van der Waals surface area contributed by atoms with Crippen LogP contribution in [0.5, 0.6) is 0 Å². The Kier molecular flexibility index (Phi) is 5.92. The van der Waals surface area contributed by atoms with Crippen molar-refractivity contribution in [3.05, 3.63) is 33.8 Å². The maximum absolute atomic E-state index is 8.99. The van der Waals surface area contributed by atoms with Gasteiger partial charge in [0, 0.05) is 36.2 Å².